The maximum absolute atomic E-state index is 13.0. The van der Waals surface area contributed by atoms with E-state index in [4.69, 9.17) is 23.4 Å². The number of amides is 1. The third-order valence-corrected chi connectivity index (χ3v) is 14.7. The molecule has 1 aliphatic rings. The maximum atomic E-state index is 13.0. The van der Waals surface area contributed by atoms with Crippen LogP contribution in [-0.4, -0.2) is 78.0 Å². The zero-order valence-corrected chi connectivity index (χ0v) is 32.2. The van der Waals surface area contributed by atoms with Gasteiger partial charge in [0.15, 0.2) is 25.7 Å². The highest BCUT2D eigenvalue weighted by atomic mass is 28.4. The number of aromatic nitrogens is 4. The van der Waals surface area contributed by atoms with Gasteiger partial charge in [-0.1, -0.05) is 75.4 Å². The quantitative estimate of drug-likeness (QED) is 0.106. The second kappa shape index (κ2) is 14.9. The van der Waals surface area contributed by atoms with Crippen LogP contribution >= 0.6 is 0 Å². The summed E-state index contributed by atoms with van der Waals surface area (Å²) in [5.74, 6) is 0.937. The van der Waals surface area contributed by atoms with Crippen LogP contribution in [0, 0.1) is 0 Å². The van der Waals surface area contributed by atoms with Crippen molar-refractivity contribution in [1.29, 1.82) is 0 Å². The third kappa shape index (κ3) is 7.37. The van der Waals surface area contributed by atoms with Gasteiger partial charge >= 0.3 is 0 Å². The highest BCUT2D eigenvalue weighted by Crippen LogP contribution is 2.45. The van der Waals surface area contributed by atoms with E-state index < -0.39 is 49.9 Å². The van der Waals surface area contributed by atoms with Crippen molar-refractivity contribution in [2.24, 2.45) is 0 Å². The van der Waals surface area contributed by atoms with Gasteiger partial charge in [-0.25, -0.2) is 4.98 Å². The fourth-order valence-corrected chi connectivity index (χ4v) is 7.63. The minimum Gasteiger partial charge on any atom is -0.497 e. The minimum atomic E-state index is -2.53. The van der Waals surface area contributed by atoms with E-state index in [0.29, 0.717) is 11.5 Å². The number of carbonyl (C=O) groups excluding carboxylic acids is 1. The number of hydrogen-bond acceptors (Lipinski definition) is 10. The van der Waals surface area contributed by atoms with Crippen LogP contribution in [0.1, 0.15) is 50.6 Å². The lowest BCUT2D eigenvalue weighted by molar-refractivity contribution is -0.114. The first kappa shape index (κ1) is 37.9. The monoisotopic (exact) mass is 741 g/mol. The van der Waals surface area contributed by atoms with Gasteiger partial charge in [-0.3, -0.25) is 24.5 Å². The minimum absolute atomic E-state index is 0.0383. The Morgan fingerprint density at radius 1 is 0.943 bits per heavy atom. The van der Waals surface area contributed by atoms with E-state index in [1.807, 2.05) is 78.9 Å². The Kier molecular flexibility index (Phi) is 10.6. The molecule has 0 bridgehead atoms. The van der Waals surface area contributed by atoms with Crippen LogP contribution in [-0.2, 0) is 24.3 Å². The number of anilines is 1. The molecule has 6 rings (SSSR count). The predicted molar refractivity (Wildman–Crippen MR) is 203 cm³/mol. The fourth-order valence-electron chi connectivity index (χ4n) is 6.34. The van der Waals surface area contributed by atoms with Crippen molar-refractivity contribution in [2.75, 3.05) is 26.1 Å². The number of fused-ring (bicyclic) bond motifs is 1. The van der Waals surface area contributed by atoms with E-state index in [9.17, 15) is 14.7 Å². The summed E-state index contributed by atoms with van der Waals surface area (Å²) in [4.78, 5) is 36.2. The van der Waals surface area contributed by atoms with Gasteiger partial charge in [-0.05, 0) is 59.1 Å². The van der Waals surface area contributed by atoms with Crippen molar-refractivity contribution >= 4 is 31.3 Å². The van der Waals surface area contributed by atoms with E-state index in [-0.39, 0.29) is 28.8 Å². The van der Waals surface area contributed by atoms with E-state index >= 15 is 0 Å². The molecule has 0 aliphatic carbocycles. The zero-order chi connectivity index (χ0) is 38.1. The smallest absolute Gasteiger partial charge is 0.280 e. The summed E-state index contributed by atoms with van der Waals surface area (Å²) in [6.45, 7) is 11.8. The van der Waals surface area contributed by atoms with E-state index in [1.165, 1.54) is 13.3 Å². The molecule has 3 aromatic carbocycles. The van der Waals surface area contributed by atoms with Crippen LogP contribution in [0.4, 0.5) is 5.95 Å². The zero-order valence-electron chi connectivity index (χ0n) is 31.2. The Balaban J connectivity index is 1.45. The lowest BCUT2D eigenvalue weighted by atomic mass is 9.80. The van der Waals surface area contributed by atoms with Crippen LogP contribution in [0.2, 0.25) is 18.1 Å². The van der Waals surface area contributed by atoms with Crippen LogP contribution in [0.15, 0.2) is 90.0 Å². The van der Waals surface area contributed by atoms with E-state index in [0.717, 1.165) is 16.7 Å². The number of ether oxygens (including phenoxy) is 4. The summed E-state index contributed by atoms with van der Waals surface area (Å²) >= 11 is 0. The van der Waals surface area contributed by atoms with Crippen LogP contribution in [0.3, 0.4) is 0 Å². The Morgan fingerprint density at radius 2 is 1.51 bits per heavy atom. The molecule has 1 fully saturated rings. The SMILES string of the molecule is COc1ccc(C(OC[C@H]2O[C@@H](n3cnc4c(=O)[nH]c(NC(C)=O)nc43)[C@H](O[Si](C)(C)C(C)(C)C)[C@@H]2O)(c2ccccc2)c2ccc(OC)cc2)cc1. The highest BCUT2D eigenvalue weighted by molar-refractivity contribution is 6.74. The Morgan fingerprint density at radius 3 is 2.04 bits per heavy atom. The molecule has 14 heteroatoms. The molecule has 1 amide bonds. The summed E-state index contributed by atoms with van der Waals surface area (Å²) in [6.07, 6.45) is -2.46. The van der Waals surface area contributed by atoms with Crippen molar-refractivity contribution in [2.45, 2.75) is 76.0 Å². The van der Waals surface area contributed by atoms with Crippen molar-refractivity contribution in [3.8, 4) is 11.5 Å². The van der Waals surface area contributed by atoms with E-state index in [2.05, 4.69) is 54.1 Å². The topological polar surface area (TPSA) is 159 Å². The molecule has 53 heavy (non-hydrogen) atoms. The van der Waals surface area contributed by atoms with E-state index in [1.54, 1.807) is 18.8 Å². The predicted octanol–water partition coefficient (Wildman–Crippen LogP) is 5.75. The summed E-state index contributed by atoms with van der Waals surface area (Å²) in [6, 6.07) is 25.2. The van der Waals surface area contributed by atoms with Gasteiger partial charge in [0.2, 0.25) is 11.9 Å². The number of hydrogen-bond donors (Lipinski definition) is 3. The molecule has 4 atom stereocenters. The van der Waals surface area contributed by atoms with Gasteiger partial charge in [0.25, 0.3) is 5.56 Å². The molecule has 1 aliphatic heterocycles. The van der Waals surface area contributed by atoms with Gasteiger partial charge in [0, 0.05) is 6.92 Å². The lowest BCUT2D eigenvalue weighted by Crippen LogP contribution is -2.49. The molecule has 13 nitrogen and oxygen atoms in total. The molecule has 0 saturated carbocycles. The molecule has 0 radical (unpaired) electrons. The number of methoxy groups -OCH3 is 2. The number of carbonyl (C=O) groups is 1. The van der Waals surface area contributed by atoms with Gasteiger partial charge in [0.1, 0.15) is 35.4 Å². The summed E-state index contributed by atoms with van der Waals surface area (Å²) in [5, 5.41) is 14.5. The van der Waals surface area contributed by atoms with Crippen LogP contribution in [0.5, 0.6) is 11.5 Å². The molecule has 2 aromatic heterocycles. The lowest BCUT2D eigenvalue weighted by Gasteiger charge is -2.40. The number of nitrogens with zero attached hydrogens (tertiary/aromatic N) is 3. The molecule has 3 heterocycles. The van der Waals surface area contributed by atoms with Crippen LogP contribution in [0.25, 0.3) is 11.2 Å². The molecule has 3 N–H and O–H groups in total. The largest absolute Gasteiger partial charge is 0.497 e. The first-order chi connectivity index (χ1) is 25.2. The highest BCUT2D eigenvalue weighted by Gasteiger charge is 2.52. The third-order valence-electron chi connectivity index (χ3n) is 10.2. The average molecular weight is 742 g/mol. The number of aromatic amines is 1. The van der Waals surface area contributed by atoms with Crippen molar-refractivity contribution < 1.29 is 33.3 Å². The number of aliphatic hydroxyl groups excluding tert-OH is 1. The molecule has 280 valence electrons. The number of nitrogens with one attached hydrogen (secondary N) is 2. The maximum Gasteiger partial charge on any atom is 0.280 e. The van der Waals surface area contributed by atoms with Crippen molar-refractivity contribution in [3.63, 3.8) is 0 Å². The summed E-state index contributed by atoms with van der Waals surface area (Å²) < 4.78 is 33.3. The summed E-state index contributed by atoms with van der Waals surface area (Å²) in [5.41, 5.74) is 0.998. The molecular formula is C39H47N5O8Si. The van der Waals surface area contributed by atoms with Crippen molar-refractivity contribution in [1.82, 2.24) is 19.5 Å². The summed E-state index contributed by atoms with van der Waals surface area (Å²) in [7, 11) is 0.710. The molecule has 5 aromatic rings. The van der Waals surface area contributed by atoms with Gasteiger partial charge in [0.05, 0.1) is 27.2 Å². The number of benzene rings is 3. The first-order valence-electron chi connectivity index (χ1n) is 17.4. The molecule has 0 unspecified atom stereocenters. The standard InChI is InChI=1S/C39H47N5O8Si/c1-24(45)41-37-42-34-31(35(47)43-37)40-23-44(34)36-33(52-53(7,8)38(2,3)4)32(46)30(51-36)22-50-39(25-12-10-9-11-13-25,26-14-18-28(48-5)19-15-26)27-16-20-29(49-6)21-17-27/h9-21,23,30,32-33,36,46H,22H2,1-8H3,(H2,41,42,43,45,47)/t30-,32-,33-,36-/m1/s1. The molecule has 1 saturated heterocycles. The number of aliphatic hydroxyl groups is 1. The van der Waals surface area contributed by atoms with Gasteiger partial charge in [-0.2, -0.15) is 4.98 Å². The second-order valence-electron chi connectivity index (χ2n) is 14.6. The van der Waals surface area contributed by atoms with Crippen molar-refractivity contribution in [3.05, 3.63) is 112 Å². The molecular weight excluding hydrogens is 695 g/mol. The normalized spacial score (nSPS) is 19.3. The molecule has 0 spiro atoms. The Labute approximate surface area is 309 Å². The number of H-pyrrole nitrogens is 1. The Bertz CT molecular complexity index is 2050. The fraction of sp³-hybridized carbons (Fsp3) is 0.385. The number of rotatable bonds is 12. The van der Waals surface area contributed by atoms with Crippen LogP contribution < -0.4 is 20.3 Å². The van der Waals surface area contributed by atoms with Gasteiger partial charge < -0.3 is 28.5 Å². The average Bonchev–Trinajstić information content (AvgIpc) is 3.69. The second-order valence-corrected chi connectivity index (χ2v) is 19.4. The first-order valence-corrected chi connectivity index (χ1v) is 20.3. The number of imidazole rings is 1. The Hall–Kier alpha value is -4.86. The van der Waals surface area contributed by atoms with Gasteiger partial charge in [-0.15, -0.1) is 0 Å².